The second kappa shape index (κ2) is 13.9. The van der Waals surface area contributed by atoms with E-state index in [1.54, 1.807) is 30.5 Å². The number of amides is 1. The van der Waals surface area contributed by atoms with Crippen molar-refractivity contribution < 1.29 is 75.2 Å². The molecule has 7 nitrogen and oxygen atoms in total. The number of nitrogens with zero attached hydrogens (tertiary/aromatic N) is 2. The van der Waals surface area contributed by atoms with Crippen LogP contribution in [0.2, 0.25) is 0 Å². The van der Waals surface area contributed by atoms with E-state index in [2.05, 4.69) is 9.71 Å². The Kier molecular flexibility index (Phi) is 11.9. The van der Waals surface area contributed by atoms with Gasteiger partial charge in [0.15, 0.2) is 0 Å². The van der Waals surface area contributed by atoms with Crippen molar-refractivity contribution in [3.8, 4) is 17.0 Å². The Morgan fingerprint density at radius 1 is 1.14 bits per heavy atom. The summed E-state index contributed by atoms with van der Waals surface area (Å²) >= 11 is 0. The van der Waals surface area contributed by atoms with Gasteiger partial charge in [0.25, 0.3) is 10.0 Å². The third kappa shape index (κ3) is 8.67. The quantitative estimate of drug-likeness (QED) is 0.384. The van der Waals surface area contributed by atoms with Crippen molar-refractivity contribution in [2.45, 2.75) is 44.0 Å². The molecule has 0 aliphatic rings. The second-order valence-electron chi connectivity index (χ2n) is 9.17. The van der Waals surface area contributed by atoms with Crippen molar-refractivity contribution in [3.05, 3.63) is 77.2 Å². The Morgan fingerprint density at radius 3 is 2.41 bits per heavy atom. The molecule has 37 heavy (non-hydrogen) atoms. The third-order valence-electron chi connectivity index (χ3n) is 5.71. The van der Waals surface area contributed by atoms with Crippen LogP contribution in [0.15, 0.2) is 59.6 Å². The second-order valence-corrected chi connectivity index (χ2v) is 10.9. The van der Waals surface area contributed by atoms with Gasteiger partial charge in [-0.3, -0.25) is 4.79 Å². The predicted molar refractivity (Wildman–Crippen MR) is 139 cm³/mol. The molecule has 0 aliphatic heterocycles. The molecule has 1 heterocycles. The largest absolute Gasteiger partial charge is 1.00 e. The molecule has 3 aromatic rings. The van der Waals surface area contributed by atoms with E-state index in [4.69, 9.17) is 4.74 Å². The first-order valence-electron chi connectivity index (χ1n) is 11.6. The van der Waals surface area contributed by atoms with Gasteiger partial charge < -0.3 is 11.1 Å². The molecular formula is C27H33FKN3O4S. The molecule has 0 saturated carbocycles. The zero-order chi connectivity index (χ0) is 26.5. The summed E-state index contributed by atoms with van der Waals surface area (Å²) in [4.78, 5) is 18.8. The number of rotatable bonds is 10. The van der Waals surface area contributed by atoms with Crippen LogP contribution >= 0.6 is 0 Å². The molecule has 2 aromatic carbocycles. The molecule has 0 aliphatic carbocycles. The first kappa shape index (κ1) is 31.6. The Morgan fingerprint density at radius 2 is 1.81 bits per heavy atom. The average Bonchev–Trinajstić information content (AvgIpc) is 2.82. The number of nitrogens with one attached hydrogen (secondary N) is 1. The minimum atomic E-state index is -4.01. The van der Waals surface area contributed by atoms with Crippen molar-refractivity contribution in [2.75, 3.05) is 21.2 Å². The zero-order valence-electron chi connectivity index (χ0n) is 23.2. The van der Waals surface area contributed by atoms with Crippen LogP contribution < -0.4 is 60.8 Å². The first-order valence-corrected chi connectivity index (χ1v) is 13.1. The number of aromatic nitrogens is 1. The number of hydrogen-bond donors (Lipinski definition) is 1. The van der Waals surface area contributed by atoms with Crippen molar-refractivity contribution in [3.63, 3.8) is 0 Å². The third-order valence-corrected chi connectivity index (χ3v) is 7.10. The number of carbonyl (C=O) groups excluding carboxylic acids is 1. The van der Waals surface area contributed by atoms with Crippen LogP contribution in [-0.2, 0) is 27.8 Å². The summed E-state index contributed by atoms with van der Waals surface area (Å²) in [6.45, 7) is 4.56. The van der Waals surface area contributed by atoms with E-state index in [0.717, 1.165) is 16.7 Å². The van der Waals surface area contributed by atoms with Gasteiger partial charge in [-0.25, -0.2) is 22.5 Å². The first-order chi connectivity index (χ1) is 17.0. The van der Waals surface area contributed by atoms with Crippen molar-refractivity contribution in [1.82, 2.24) is 14.6 Å². The SMILES string of the molecule is COc1cc(-c2cc(F)cc(C(C)C)c2CCC(=O)NS(=O)(=O)c2ccc(CN(C)C)cc2)ccn1.[H-].[K+]. The molecule has 10 heteroatoms. The maximum atomic E-state index is 14.5. The number of carbonyl (C=O) groups is 1. The number of hydrogen-bond acceptors (Lipinski definition) is 6. The molecule has 0 spiro atoms. The van der Waals surface area contributed by atoms with E-state index in [1.807, 2.05) is 32.8 Å². The van der Waals surface area contributed by atoms with Crippen LogP contribution in [0, 0.1) is 5.82 Å². The van der Waals surface area contributed by atoms with E-state index in [-0.39, 0.29) is 76.5 Å². The minimum Gasteiger partial charge on any atom is -1.00 e. The molecule has 0 fully saturated rings. The summed E-state index contributed by atoms with van der Waals surface area (Å²) in [6, 6.07) is 12.7. The Hall–Kier alpha value is -1.66. The van der Waals surface area contributed by atoms with E-state index in [9.17, 15) is 17.6 Å². The summed E-state index contributed by atoms with van der Waals surface area (Å²) in [5.74, 6) is -0.650. The molecule has 3 rings (SSSR count). The zero-order valence-corrected chi connectivity index (χ0v) is 26.1. The van der Waals surface area contributed by atoms with E-state index >= 15 is 0 Å². The van der Waals surface area contributed by atoms with E-state index < -0.39 is 21.7 Å². The number of ether oxygens (including phenoxy) is 1. The van der Waals surface area contributed by atoms with Gasteiger partial charge in [-0.1, -0.05) is 26.0 Å². The number of sulfonamides is 1. The van der Waals surface area contributed by atoms with Crippen molar-refractivity contribution in [1.29, 1.82) is 0 Å². The maximum Gasteiger partial charge on any atom is 1.00 e. The summed E-state index contributed by atoms with van der Waals surface area (Å²) in [7, 11) is 1.33. The van der Waals surface area contributed by atoms with Gasteiger partial charge >= 0.3 is 51.4 Å². The molecule has 0 atom stereocenters. The average molecular weight is 554 g/mol. The van der Waals surface area contributed by atoms with Gasteiger partial charge in [0.1, 0.15) is 5.82 Å². The van der Waals surface area contributed by atoms with Crippen LogP contribution in [0.3, 0.4) is 0 Å². The summed E-state index contributed by atoms with van der Waals surface area (Å²) in [5.41, 5.74) is 3.81. The topological polar surface area (TPSA) is 88.6 Å². The number of pyridine rings is 1. The van der Waals surface area contributed by atoms with Gasteiger partial charge in [-0.15, -0.1) is 0 Å². The molecule has 1 N–H and O–H groups in total. The number of benzene rings is 2. The molecule has 1 aromatic heterocycles. The van der Waals surface area contributed by atoms with Gasteiger partial charge in [-0.2, -0.15) is 0 Å². The van der Waals surface area contributed by atoms with Crippen LogP contribution in [0.5, 0.6) is 5.88 Å². The molecular weight excluding hydrogens is 520 g/mol. The monoisotopic (exact) mass is 553 g/mol. The molecule has 0 saturated heterocycles. The van der Waals surface area contributed by atoms with Crippen LogP contribution in [-0.4, -0.2) is 45.4 Å². The number of methoxy groups -OCH3 is 1. The molecule has 194 valence electrons. The van der Waals surface area contributed by atoms with E-state index in [1.165, 1.54) is 31.4 Å². The minimum absolute atomic E-state index is 0. The standard InChI is InChI=1S/C27H32FN3O4S.K.H/c1-18(2)24-15-21(28)16-25(20-12-13-29-27(14-20)35-5)23(24)10-11-26(32)30-36(33,34)22-8-6-19(7-9-22)17-31(3)4;;/h6-9,12-16,18H,10-11,17H2,1-5H3,(H,30,32);;/q;+1;-1. The Bertz CT molecular complexity index is 1340. The predicted octanol–water partition coefficient (Wildman–Crippen LogP) is 1.64. The van der Waals surface area contributed by atoms with Crippen LogP contribution in [0.4, 0.5) is 4.39 Å². The summed E-state index contributed by atoms with van der Waals surface area (Å²) < 4.78 is 47.4. The van der Waals surface area contributed by atoms with Crippen molar-refractivity contribution >= 4 is 15.9 Å². The van der Waals surface area contributed by atoms with Gasteiger partial charge in [0.2, 0.25) is 11.8 Å². The maximum absolute atomic E-state index is 14.5. The van der Waals surface area contributed by atoms with Crippen LogP contribution in [0.25, 0.3) is 11.1 Å². The molecule has 0 radical (unpaired) electrons. The fourth-order valence-electron chi connectivity index (χ4n) is 4.04. The summed E-state index contributed by atoms with van der Waals surface area (Å²) in [6.07, 6.45) is 1.72. The van der Waals surface area contributed by atoms with Crippen molar-refractivity contribution in [2.24, 2.45) is 0 Å². The van der Waals surface area contributed by atoms with Crippen LogP contribution in [0.1, 0.15) is 44.3 Å². The molecule has 0 unspecified atom stereocenters. The fourth-order valence-corrected chi connectivity index (χ4v) is 5.05. The molecule has 0 bridgehead atoms. The van der Waals surface area contributed by atoms with Gasteiger partial charge in [0.05, 0.1) is 12.0 Å². The van der Waals surface area contributed by atoms with Gasteiger partial charge in [-0.05, 0) is 84.6 Å². The number of halogens is 1. The Balaban J connectivity index is 0.00000361. The normalized spacial score (nSPS) is 11.4. The van der Waals surface area contributed by atoms with E-state index in [0.29, 0.717) is 23.6 Å². The smallest absolute Gasteiger partial charge is 1.00 e. The van der Waals surface area contributed by atoms with Gasteiger partial charge in [0, 0.05) is 25.2 Å². The Labute approximate surface area is 262 Å². The summed E-state index contributed by atoms with van der Waals surface area (Å²) in [5, 5.41) is 0. The molecule has 1 amide bonds. The fraction of sp³-hybridized carbons (Fsp3) is 0.333.